The lowest BCUT2D eigenvalue weighted by molar-refractivity contribution is 0.0955. The molecule has 4 nitrogen and oxygen atoms in total. The van der Waals surface area contributed by atoms with Crippen molar-refractivity contribution in [3.05, 3.63) is 88.1 Å². The Morgan fingerprint density at radius 2 is 1.83 bits per heavy atom. The van der Waals surface area contributed by atoms with Crippen LogP contribution in [0.5, 0.6) is 5.75 Å². The van der Waals surface area contributed by atoms with Gasteiger partial charge in [0.05, 0.1) is 6.21 Å². The van der Waals surface area contributed by atoms with E-state index in [2.05, 4.69) is 10.5 Å². The van der Waals surface area contributed by atoms with Gasteiger partial charge in [0, 0.05) is 10.4 Å². The van der Waals surface area contributed by atoms with Crippen molar-refractivity contribution in [3.63, 3.8) is 0 Å². The van der Waals surface area contributed by atoms with Gasteiger partial charge in [0.1, 0.15) is 12.4 Å². The summed E-state index contributed by atoms with van der Waals surface area (Å²) in [6.07, 6.45) is 1.63. The third kappa shape index (κ3) is 4.54. The molecule has 3 rings (SSSR count). The van der Waals surface area contributed by atoms with E-state index in [4.69, 9.17) is 4.74 Å². The van der Waals surface area contributed by atoms with E-state index in [1.807, 2.05) is 60.0 Å². The zero-order valence-corrected chi connectivity index (χ0v) is 13.7. The molecule has 0 aliphatic carbocycles. The van der Waals surface area contributed by atoms with Crippen molar-refractivity contribution in [2.75, 3.05) is 0 Å². The first-order chi connectivity index (χ1) is 11.8. The van der Waals surface area contributed by atoms with Crippen molar-refractivity contribution in [1.82, 2.24) is 5.43 Å². The number of hydrogen-bond acceptors (Lipinski definition) is 4. The minimum absolute atomic E-state index is 0.238. The fourth-order valence-corrected chi connectivity index (χ4v) is 2.60. The Morgan fingerprint density at radius 1 is 1.04 bits per heavy atom. The Balaban J connectivity index is 1.52. The maximum absolute atomic E-state index is 12.0. The molecule has 0 unspecified atom stereocenters. The molecule has 1 aromatic heterocycles. The van der Waals surface area contributed by atoms with E-state index in [1.54, 1.807) is 29.7 Å². The van der Waals surface area contributed by atoms with Crippen molar-refractivity contribution in [3.8, 4) is 5.75 Å². The predicted octanol–water partition coefficient (Wildman–Crippen LogP) is 4.09. The van der Waals surface area contributed by atoms with E-state index in [1.165, 1.54) is 0 Å². The van der Waals surface area contributed by atoms with Crippen molar-refractivity contribution in [1.29, 1.82) is 0 Å². The highest BCUT2D eigenvalue weighted by atomic mass is 32.1. The average Bonchev–Trinajstić information content (AvgIpc) is 3.15. The smallest absolute Gasteiger partial charge is 0.271 e. The van der Waals surface area contributed by atoms with Crippen LogP contribution in [0.3, 0.4) is 0 Å². The molecule has 24 heavy (non-hydrogen) atoms. The number of para-hydroxylation sites is 1. The third-order valence-corrected chi connectivity index (χ3v) is 4.07. The molecular weight excluding hydrogens is 320 g/mol. The van der Waals surface area contributed by atoms with E-state index in [0.29, 0.717) is 12.2 Å². The first kappa shape index (κ1) is 16.0. The highest BCUT2D eigenvalue weighted by Gasteiger charge is 2.04. The van der Waals surface area contributed by atoms with Gasteiger partial charge in [0.15, 0.2) is 0 Å². The van der Waals surface area contributed by atoms with Gasteiger partial charge in [0.2, 0.25) is 0 Å². The Bertz CT molecular complexity index is 797. The topological polar surface area (TPSA) is 50.7 Å². The second-order valence-corrected chi connectivity index (χ2v) is 5.99. The summed E-state index contributed by atoms with van der Waals surface area (Å²) in [7, 11) is 0. The van der Waals surface area contributed by atoms with Crippen molar-refractivity contribution < 1.29 is 9.53 Å². The van der Waals surface area contributed by atoms with Crippen molar-refractivity contribution in [2.45, 2.75) is 6.61 Å². The number of amides is 1. The summed E-state index contributed by atoms with van der Waals surface area (Å²) in [6, 6.07) is 20.8. The van der Waals surface area contributed by atoms with Crippen molar-refractivity contribution in [2.24, 2.45) is 5.10 Å². The van der Waals surface area contributed by atoms with Gasteiger partial charge >= 0.3 is 0 Å². The van der Waals surface area contributed by atoms with Gasteiger partial charge in [-0.15, -0.1) is 11.3 Å². The Kier molecular flexibility index (Phi) is 5.37. The van der Waals surface area contributed by atoms with E-state index in [-0.39, 0.29) is 5.91 Å². The molecule has 120 valence electrons. The standard InChI is InChI=1S/C19H16N2O2S/c22-19(21-20-13-18-7-4-12-24-18)16-10-8-15(9-11-16)14-23-17-5-2-1-3-6-17/h1-13H,14H2,(H,21,22)/b20-13-. The molecular formula is C19H16N2O2S. The van der Waals surface area contributed by atoms with Crippen molar-refractivity contribution >= 4 is 23.5 Å². The fourth-order valence-electron chi connectivity index (χ4n) is 2.02. The minimum atomic E-state index is -0.238. The van der Waals surface area contributed by atoms with E-state index in [9.17, 15) is 4.79 Å². The number of carbonyl (C=O) groups is 1. The summed E-state index contributed by atoms with van der Waals surface area (Å²) in [5, 5.41) is 5.91. The van der Waals surface area contributed by atoms with Crippen LogP contribution >= 0.6 is 11.3 Å². The summed E-state index contributed by atoms with van der Waals surface area (Å²) in [4.78, 5) is 13.0. The maximum atomic E-state index is 12.0. The average molecular weight is 336 g/mol. The van der Waals surface area contributed by atoms with Crippen LogP contribution in [0.15, 0.2) is 77.2 Å². The summed E-state index contributed by atoms with van der Waals surface area (Å²) >= 11 is 1.56. The largest absolute Gasteiger partial charge is 0.489 e. The molecule has 0 aliphatic rings. The number of rotatable bonds is 6. The monoisotopic (exact) mass is 336 g/mol. The number of hydrazone groups is 1. The van der Waals surface area contributed by atoms with Gasteiger partial charge in [-0.3, -0.25) is 4.79 Å². The molecule has 0 aliphatic heterocycles. The van der Waals surface area contributed by atoms with E-state index in [0.717, 1.165) is 16.2 Å². The van der Waals surface area contributed by atoms with Gasteiger partial charge in [-0.05, 0) is 41.3 Å². The lowest BCUT2D eigenvalue weighted by Gasteiger charge is -2.06. The zero-order valence-electron chi connectivity index (χ0n) is 12.9. The van der Waals surface area contributed by atoms with Crippen LogP contribution in [-0.4, -0.2) is 12.1 Å². The Hall–Kier alpha value is -2.92. The molecule has 1 amide bonds. The maximum Gasteiger partial charge on any atom is 0.271 e. The number of carbonyl (C=O) groups excluding carboxylic acids is 1. The van der Waals surface area contributed by atoms with Gasteiger partial charge in [0.25, 0.3) is 5.91 Å². The molecule has 0 saturated heterocycles. The molecule has 0 radical (unpaired) electrons. The Morgan fingerprint density at radius 3 is 2.54 bits per heavy atom. The molecule has 1 heterocycles. The summed E-state index contributed by atoms with van der Waals surface area (Å²) in [5.74, 6) is 0.584. The fraction of sp³-hybridized carbons (Fsp3) is 0.0526. The SMILES string of the molecule is O=C(N/N=C\c1cccs1)c1ccc(COc2ccccc2)cc1. The number of hydrogen-bond donors (Lipinski definition) is 1. The van der Waals surface area contributed by atoms with Gasteiger partial charge in [-0.1, -0.05) is 36.4 Å². The highest BCUT2D eigenvalue weighted by molar-refractivity contribution is 7.11. The van der Waals surface area contributed by atoms with E-state index < -0.39 is 0 Å². The van der Waals surface area contributed by atoms with Gasteiger partial charge in [-0.25, -0.2) is 5.43 Å². The van der Waals surface area contributed by atoms with Crippen LogP contribution in [-0.2, 0) is 6.61 Å². The minimum Gasteiger partial charge on any atom is -0.489 e. The van der Waals surface area contributed by atoms with Crippen LogP contribution in [0.2, 0.25) is 0 Å². The quantitative estimate of drug-likeness (QED) is 0.544. The third-order valence-electron chi connectivity index (χ3n) is 3.27. The Labute approximate surface area is 144 Å². The summed E-state index contributed by atoms with van der Waals surface area (Å²) in [6.45, 7) is 0.461. The van der Waals surface area contributed by atoms with Crippen LogP contribution < -0.4 is 10.2 Å². The molecule has 0 saturated carbocycles. The number of thiophene rings is 1. The molecule has 0 atom stereocenters. The normalized spacial score (nSPS) is 10.7. The number of ether oxygens (including phenoxy) is 1. The summed E-state index contributed by atoms with van der Waals surface area (Å²) in [5.41, 5.74) is 4.08. The molecule has 2 aromatic carbocycles. The first-order valence-corrected chi connectivity index (χ1v) is 8.33. The lowest BCUT2D eigenvalue weighted by atomic mass is 10.1. The molecule has 5 heteroatoms. The number of nitrogens with one attached hydrogen (secondary N) is 1. The first-order valence-electron chi connectivity index (χ1n) is 7.45. The van der Waals surface area contributed by atoms with Crippen LogP contribution in [0, 0.1) is 0 Å². The second-order valence-electron chi connectivity index (χ2n) is 5.01. The second kappa shape index (κ2) is 8.08. The molecule has 0 spiro atoms. The molecule has 0 bridgehead atoms. The van der Waals surface area contributed by atoms with Gasteiger partial charge in [-0.2, -0.15) is 5.10 Å². The summed E-state index contributed by atoms with van der Waals surface area (Å²) < 4.78 is 5.68. The molecule has 3 aromatic rings. The van der Waals surface area contributed by atoms with E-state index >= 15 is 0 Å². The molecule has 1 N–H and O–H groups in total. The zero-order chi connectivity index (χ0) is 16.6. The lowest BCUT2D eigenvalue weighted by Crippen LogP contribution is -2.17. The van der Waals surface area contributed by atoms with Crippen LogP contribution in [0.1, 0.15) is 20.8 Å². The number of nitrogens with zero attached hydrogens (tertiary/aromatic N) is 1. The number of benzene rings is 2. The van der Waals surface area contributed by atoms with Crippen LogP contribution in [0.4, 0.5) is 0 Å². The van der Waals surface area contributed by atoms with Crippen LogP contribution in [0.25, 0.3) is 0 Å². The van der Waals surface area contributed by atoms with Gasteiger partial charge < -0.3 is 4.74 Å². The highest BCUT2D eigenvalue weighted by Crippen LogP contribution is 2.12. The predicted molar refractivity (Wildman–Crippen MR) is 96.6 cm³/mol. The molecule has 0 fully saturated rings.